The predicted octanol–water partition coefficient (Wildman–Crippen LogP) is 4.77. The fourth-order valence-corrected chi connectivity index (χ4v) is 4.88. The number of hydrogen-bond donors (Lipinski definition) is 0. The molecule has 0 spiro atoms. The first-order valence-electron chi connectivity index (χ1n) is 10.3. The summed E-state index contributed by atoms with van der Waals surface area (Å²) < 4.78 is 8.73. The molecule has 29 heavy (non-hydrogen) atoms. The van der Waals surface area contributed by atoms with Gasteiger partial charge in [0.2, 0.25) is 0 Å². The van der Waals surface area contributed by atoms with E-state index in [4.69, 9.17) is 9.72 Å². The third-order valence-electron chi connectivity index (χ3n) is 5.37. The van der Waals surface area contributed by atoms with Crippen molar-refractivity contribution in [2.75, 3.05) is 18.1 Å². The minimum absolute atomic E-state index is 0.0506. The number of hydrogen-bond acceptors (Lipinski definition) is 5. The fourth-order valence-electron chi connectivity index (χ4n) is 3.88. The van der Waals surface area contributed by atoms with Gasteiger partial charge in [0.15, 0.2) is 5.13 Å². The SMILES string of the molecule is CCn1nc(C)cc1C(=O)N(CC1CCCO1)c1nc2c(C(C)C)cccc2s1. The van der Waals surface area contributed by atoms with E-state index in [1.165, 1.54) is 5.56 Å². The van der Waals surface area contributed by atoms with Crippen LogP contribution in [0.5, 0.6) is 0 Å². The van der Waals surface area contributed by atoms with Crippen molar-refractivity contribution < 1.29 is 9.53 Å². The van der Waals surface area contributed by atoms with Crippen molar-refractivity contribution in [2.24, 2.45) is 0 Å². The quantitative estimate of drug-likeness (QED) is 0.585. The first kappa shape index (κ1) is 20.0. The summed E-state index contributed by atoms with van der Waals surface area (Å²) in [7, 11) is 0. The van der Waals surface area contributed by atoms with Gasteiger partial charge in [0.25, 0.3) is 5.91 Å². The van der Waals surface area contributed by atoms with Gasteiger partial charge in [0.1, 0.15) is 5.69 Å². The average molecular weight is 413 g/mol. The lowest BCUT2D eigenvalue weighted by Gasteiger charge is -2.23. The molecule has 7 heteroatoms. The van der Waals surface area contributed by atoms with Gasteiger partial charge in [0, 0.05) is 13.2 Å². The Kier molecular flexibility index (Phi) is 5.69. The van der Waals surface area contributed by atoms with Gasteiger partial charge in [-0.3, -0.25) is 14.4 Å². The normalized spacial score (nSPS) is 16.8. The number of fused-ring (bicyclic) bond motifs is 1. The van der Waals surface area contributed by atoms with E-state index in [1.54, 1.807) is 20.9 Å². The number of aromatic nitrogens is 3. The Morgan fingerprint density at radius 3 is 2.93 bits per heavy atom. The van der Waals surface area contributed by atoms with E-state index in [2.05, 4.69) is 37.1 Å². The molecule has 1 aliphatic heterocycles. The van der Waals surface area contributed by atoms with Crippen LogP contribution in [0.4, 0.5) is 5.13 Å². The number of amides is 1. The lowest BCUT2D eigenvalue weighted by atomic mass is 10.0. The van der Waals surface area contributed by atoms with E-state index in [0.717, 1.165) is 40.5 Å². The monoisotopic (exact) mass is 412 g/mol. The summed E-state index contributed by atoms with van der Waals surface area (Å²) in [5.74, 6) is 0.313. The summed E-state index contributed by atoms with van der Waals surface area (Å²) in [5, 5.41) is 5.19. The van der Waals surface area contributed by atoms with Gasteiger partial charge in [-0.2, -0.15) is 5.10 Å². The summed E-state index contributed by atoms with van der Waals surface area (Å²) in [6.45, 7) is 10.2. The van der Waals surface area contributed by atoms with Gasteiger partial charge in [-0.15, -0.1) is 0 Å². The molecule has 0 N–H and O–H groups in total. The molecule has 1 unspecified atom stereocenters. The van der Waals surface area contributed by atoms with Crippen LogP contribution in [0.2, 0.25) is 0 Å². The van der Waals surface area contributed by atoms with Gasteiger partial charge in [0.05, 0.1) is 28.6 Å². The third kappa shape index (κ3) is 3.94. The summed E-state index contributed by atoms with van der Waals surface area (Å²) >= 11 is 1.57. The standard InChI is InChI=1S/C22H28N4O2S/c1-5-26-18(12-15(4)24-26)21(27)25(13-16-8-7-11-28-16)22-23-20-17(14(2)3)9-6-10-19(20)29-22/h6,9-10,12,14,16H,5,7-8,11,13H2,1-4H3. The van der Waals surface area contributed by atoms with Crippen molar-refractivity contribution in [3.63, 3.8) is 0 Å². The molecule has 1 aliphatic rings. The van der Waals surface area contributed by atoms with Crippen molar-refractivity contribution in [1.29, 1.82) is 0 Å². The number of anilines is 1. The number of para-hydroxylation sites is 1. The highest BCUT2D eigenvalue weighted by atomic mass is 32.1. The molecular weight excluding hydrogens is 384 g/mol. The molecule has 1 fully saturated rings. The summed E-state index contributed by atoms with van der Waals surface area (Å²) in [6, 6.07) is 8.14. The van der Waals surface area contributed by atoms with E-state index in [-0.39, 0.29) is 12.0 Å². The van der Waals surface area contributed by atoms with Crippen LogP contribution in [0.25, 0.3) is 10.2 Å². The first-order valence-corrected chi connectivity index (χ1v) is 11.2. The number of nitrogens with zero attached hydrogens (tertiary/aromatic N) is 4. The highest BCUT2D eigenvalue weighted by Gasteiger charge is 2.29. The number of rotatable bonds is 6. The third-order valence-corrected chi connectivity index (χ3v) is 6.41. The summed E-state index contributed by atoms with van der Waals surface area (Å²) in [6.07, 6.45) is 2.06. The zero-order valence-corrected chi connectivity index (χ0v) is 18.3. The maximum atomic E-state index is 13.6. The molecule has 2 aromatic heterocycles. The number of carbonyl (C=O) groups is 1. The maximum Gasteiger partial charge on any atom is 0.278 e. The molecule has 1 atom stereocenters. The second kappa shape index (κ2) is 8.24. The molecule has 1 aromatic carbocycles. The van der Waals surface area contributed by atoms with Gasteiger partial charge in [-0.05, 0) is 50.3 Å². The molecule has 6 nitrogen and oxygen atoms in total. The molecule has 154 valence electrons. The van der Waals surface area contributed by atoms with Crippen LogP contribution in [0.15, 0.2) is 24.3 Å². The maximum absolute atomic E-state index is 13.6. The minimum Gasteiger partial charge on any atom is -0.376 e. The van der Waals surface area contributed by atoms with Crippen LogP contribution in [0.1, 0.15) is 61.3 Å². The number of benzene rings is 1. The van der Waals surface area contributed by atoms with Gasteiger partial charge < -0.3 is 4.74 Å². The highest BCUT2D eigenvalue weighted by Crippen LogP contribution is 2.34. The largest absolute Gasteiger partial charge is 0.376 e. The molecule has 0 bridgehead atoms. The molecule has 3 heterocycles. The van der Waals surface area contributed by atoms with Crippen LogP contribution >= 0.6 is 11.3 Å². The van der Waals surface area contributed by atoms with Crippen molar-refractivity contribution in [2.45, 2.75) is 59.1 Å². The average Bonchev–Trinajstić information content (AvgIpc) is 3.43. The first-order chi connectivity index (χ1) is 14.0. The number of carbonyl (C=O) groups excluding carboxylic acids is 1. The predicted molar refractivity (Wildman–Crippen MR) is 117 cm³/mol. The fraction of sp³-hybridized carbons (Fsp3) is 0.500. The van der Waals surface area contributed by atoms with Gasteiger partial charge in [-0.25, -0.2) is 4.98 Å². The topological polar surface area (TPSA) is 60.2 Å². The number of aryl methyl sites for hydroxylation is 2. The second-order valence-electron chi connectivity index (χ2n) is 7.88. The van der Waals surface area contributed by atoms with Crippen molar-refractivity contribution in [3.8, 4) is 0 Å². The van der Waals surface area contributed by atoms with E-state index in [0.29, 0.717) is 24.7 Å². The Morgan fingerprint density at radius 2 is 2.24 bits per heavy atom. The zero-order chi connectivity index (χ0) is 20.5. The highest BCUT2D eigenvalue weighted by molar-refractivity contribution is 7.22. The Morgan fingerprint density at radius 1 is 1.41 bits per heavy atom. The summed E-state index contributed by atoms with van der Waals surface area (Å²) in [5.41, 5.74) is 3.65. The van der Waals surface area contributed by atoms with Crippen molar-refractivity contribution in [1.82, 2.24) is 14.8 Å². The van der Waals surface area contributed by atoms with Gasteiger partial charge >= 0.3 is 0 Å². The van der Waals surface area contributed by atoms with Crippen LogP contribution in [0, 0.1) is 6.92 Å². The van der Waals surface area contributed by atoms with Crippen LogP contribution < -0.4 is 4.90 Å². The van der Waals surface area contributed by atoms with E-state index >= 15 is 0 Å². The molecule has 0 radical (unpaired) electrons. The van der Waals surface area contributed by atoms with Crippen LogP contribution in [-0.4, -0.2) is 39.9 Å². The van der Waals surface area contributed by atoms with Crippen LogP contribution in [0.3, 0.4) is 0 Å². The Bertz CT molecular complexity index is 1020. The number of thiazole rings is 1. The van der Waals surface area contributed by atoms with Gasteiger partial charge in [-0.1, -0.05) is 37.3 Å². The van der Waals surface area contributed by atoms with Crippen molar-refractivity contribution in [3.05, 3.63) is 41.2 Å². The number of ether oxygens (including phenoxy) is 1. The molecule has 4 rings (SSSR count). The molecule has 1 saturated heterocycles. The second-order valence-corrected chi connectivity index (χ2v) is 8.89. The zero-order valence-electron chi connectivity index (χ0n) is 17.5. The van der Waals surface area contributed by atoms with Crippen LogP contribution in [-0.2, 0) is 11.3 Å². The Balaban J connectivity index is 1.77. The Labute approximate surface area is 175 Å². The molecule has 3 aromatic rings. The van der Waals surface area contributed by atoms with E-state index in [9.17, 15) is 4.79 Å². The molecule has 0 saturated carbocycles. The van der Waals surface area contributed by atoms with E-state index < -0.39 is 0 Å². The lowest BCUT2D eigenvalue weighted by Crippen LogP contribution is -2.38. The molecule has 0 aliphatic carbocycles. The van der Waals surface area contributed by atoms with E-state index in [1.807, 2.05) is 19.9 Å². The smallest absolute Gasteiger partial charge is 0.278 e. The minimum atomic E-state index is -0.0619. The lowest BCUT2D eigenvalue weighted by molar-refractivity contribution is 0.0908. The molecular formula is C22H28N4O2S. The van der Waals surface area contributed by atoms with Crippen molar-refractivity contribution >= 4 is 32.6 Å². The summed E-state index contributed by atoms with van der Waals surface area (Å²) in [4.78, 5) is 20.3. The molecule has 1 amide bonds. The Hall–Kier alpha value is -2.25.